The van der Waals surface area contributed by atoms with Crippen molar-refractivity contribution in [2.45, 2.75) is 13.5 Å². The topological polar surface area (TPSA) is 89.4 Å². The van der Waals surface area contributed by atoms with E-state index in [-0.39, 0.29) is 22.0 Å². The normalized spacial score (nSPS) is 11.1. The molecular formula is C21H18N4O3. The molecule has 1 N–H and O–H groups in total. The Hall–Kier alpha value is -3.74. The second kappa shape index (κ2) is 6.77. The summed E-state index contributed by atoms with van der Waals surface area (Å²) in [6.07, 6.45) is 1.71. The maximum atomic E-state index is 13.1. The number of nitrogens with zero attached hydrogens (tertiary/aromatic N) is 3. The van der Waals surface area contributed by atoms with Crippen molar-refractivity contribution in [1.82, 2.24) is 14.0 Å². The van der Waals surface area contributed by atoms with E-state index in [1.54, 1.807) is 16.8 Å². The lowest BCUT2D eigenvalue weighted by Gasteiger charge is -2.14. The molecule has 0 aliphatic carbocycles. The summed E-state index contributed by atoms with van der Waals surface area (Å²) >= 11 is 0. The molecule has 0 unspecified atom stereocenters. The minimum Gasteiger partial charge on any atom is -0.465 e. The first kappa shape index (κ1) is 17.7. The third-order valence-electron chi connectivity index (χ3n) is 4.64. The lowest BCUT2D eigenvalue weighted by atomic mass is 10.1. The van der Waals surface area contributed by atoms with Crippen LogP contribution >= 0.6 is 0 Å². The van der Waals surface area contributed by atoms with Gasteiger partial charge in [0.15, 0.2) is 0 Å². The molecule has 4 rings (SSSR count). The van der Waals surface area contributed by atoms with Crippen LogP contribution < -0.4 is 11.0 Å². The van der Waals surface area contributed by atoms with E-state index in [9.17, 15) is 9.59 Å². The summed E-state index contributed by atoms with van der Waals surface area (Å²) in [7, 11) is 1.25. The number of methoxy groups -OCH3 is 1. The van der Waals surface area contributed by atoms with Gasteiger partial charge in [-0.1, -0.05) is 36.4 Å². The fraction of sp³-hybridized carbons (Fsp3) is 0.143. The molecule has 0 aliphatic rings. The van der Waals surface area contributed by atoms with Gasteiger partial charge in [-0.25, -0.2) is 9.78 Å². The van der Waals surface area contributed by atoms with Crippen molar-refractivity contribution in [2.24, 2.45) is 0 Å². The first-order valence-corrected chi connectivity index (χ1v) is 8.73. The van der Waals surface area contributed by atoms with Crippen molar-refractivity contribution >= 4 is 22.6 Å². The Balaban J connectivity index is 2.12. The number of ether oxygens (including phenoxy) is 1. The van der Waals surface area contributed by atoms with Crippen LogP contribution in [-0.2, 0) is 11.3 Å². The molecule has 4 aromatic rings. The minimum absolute atomic E-state index is 0.0254. The number of aryl methyl sites for hydroxylation is 1. The third-order valence-corrected chi connectivity index (χ3v) is 4.64. The van der Waals surface area contributed by atoms with Crippen LogP contribution in [0.4, 0.5) is 0 Å². The van der Waals surface area contributed by atoms with E-state index in [1.165, 1.54) is 17.6 Å². The lowest BCUT2D eigenvalue weighted by molar-refractivity contribution is 0.0597. The summed E-state index contributed by atoms with van der Waals surface area (Å²) in [5.41, 5.74) is 2.36. The number of fused-ring (bicyclic) bond motifs is 2. The Morgan fingerprint density at radius 1 is 1.18 bits per heavy atom. The molecule has 0 amide bonds. The molecule has 7 nitrogen and oxygen atoms in total. The van der Waals surface area contributed by atoms with Crippen molar-refractivity contribution in [3.05, 3.63) is 87.3 Å². The average molecular weight is 374 g/mol. The maximum Gasteiger partial charge on any atom is 0.341 e. The molecule has 7 heteroatoms. The van der Waals surface area contributed by atoms with Gasteiger partial charge in [0.1, 0.15) is 22.3 Å². The Labute approximate surface area is 160 Å². The molecule has 0 bridgehead atoms. The zero-order valence-electron chi connectivity index (χ0n) is 15.5. The van der Waals surface area contributed by atoms with Gasteiger partial charge in [-0.05, 0) is 30.2 Å². The number of rotatable bonds is 3. The molecule has 0 fully saturated rings. The first-order valence-electron chi connectivity index (χ1n) is 8.73. The van der Waals surface area contributed by atoms with Crippen LogP contribution in [-0.4, -0.2) is 27.0 Å². The predicted molar refractivity (Wildman–Crippen MR) is 104 cm³/mol. The van der Waals surface area contributed by atoms with Gasteiger partial charge in [-0.3, -0.25) is 14.6 Å². The lowest BCUT2D eigenvalue weighted by Crippen LogP contribution is -2.31. The molecule has 0 saturated heterocycles. The Bertz CT molecular complexity index is 1340. The quantitative estimate of drug-likeness (QED) is 0.440. The molecule has 3 heterocycles. The highest BCUT2D eigenvalue weighted by molar-refractivity contribution is 5.93. The van der Waals surface area contributed by atoms with Crippen LogP contribution in [0.5, 0.6) is 0 Å². The number of nitrogens with one attached hydrogen (secondary N) is 1. The number of carbonyl (C=O) groups is 1. The highest BCUT2D eigenvalue weighted by atomic mass is 16.5. The van der Waals surface area contributed by atoms with Gasteiger partial charge in [0.05, 0.1) is 19.0 Å². The van der Waals surface area contributed by atoms with E-state index in [1.807, 2.05) is 43.3 Å². The molecule has 0 saturated carbocycles. The number of hydrogen-bond acceptors (Lipinski definition) is 5. The van der Waals surface area contributed by atoms with Gasteiger partial charge < -0.3 is 9.30 Å². The second-order valence-corrected chi connectivity index (χ2v) is 6.56. The van der Waals surface area contributed by atoms with Crippen molar-refractivity contribution in [1.29, 1.82) is 5.41 Å². The van der Waals surface area contributed by atoms with Gasteiger partial charge in [0.25, 0.3) is 5.56 Å². The van der Waals surface area contributed by atoms with Crippen LogP contribution in [0.25, 0.3) is 16.7 Å². The monoisotopic (exact) mass is 374 g/mol. The Morgan fingerprint density at radius 2 is 1.93 bits per heavy atom. The van der Waals surface area contributed by atoms with Crippen LogP contribution in [0.3, 0.4) is 0 Å². The van der Waals surface area contributed by atoms with E-state index in [0.29, 0.717) is 17.8 Å². The Morgan fingerprint density at radius 3 is 2.64 bits per heavy atom. The molecule has 0 aliphatic heterocycles. The van der Waals surface area contributed by atoms with E-state index >= 15 is 0 Å². The molecule has 1 aromatic carbocycles. The zero-order valence-corrected chi connectivity index (χ0v) is 15.5. The summed E-state index contributed by atoms with van der Waals surface area (Å²) in [5, 5.41) is 8.80. The van der Waals surface area contributed by atoms with Crippen molar-refractivity contribution in [3.63, 3.8) is 0 Å². The highest BCUT2D eigenvalue weighted by Crippen LogP contribution is 2.13. The van der Waals surface area contributed by atoms with Crippen LogP contribution in [0.2, 0.25) is 0 Å². The number of carbonyl (C=O) groups excluding carboxylic acids is 1. The summed E-state index contributed by atoms with van der Waals surface area (Å²) in [6, 6.07) is 14.6. The first-order chi connectivity index (χ1) is 13.5. The van der Waals surface area contributed by atoms with Crippen LogP contribution in [0, 0.1) is 12.3 Å². The fourth-order valence-corrected chi connectivity index (χ4v) is 3.23. The van der Waals surface area contributed by atoms with E-state index in [0.717, 1.165) is 11.1 Å². The molecule has 0 radical (unpaired) electrons. The largest absolute Gasteiger partial charge is 0.465 e. The molecular weight excluding hydrogens is 356 g/mol. The third kappa shape index (κ3) is 2.87. The summed E-state index contributed by atoms with van der Waals surface area (Å²) in [5.74, 6) is -0.664. The fourth-order valence-electron chi connectivity index (χ4n) is 3.23. The minimum atomic E-state index is -0.664. The summed E-state index contributed by atoms with van der Waals surface area (Å²) < 4.78 is 7.84. The van der Waals surface area contributed by atoms with Crippen molar-refractivity contribution in [2.75, 3.05) is 7.11 Å². The summed E-state index contributed by atoms with van der Waals surface area (Å²) in [4.78, 5) is 30.0. The molecule has 0 spiro atoms. The molecule has 3 aromatic heterocycles. The molecule has 0 atom stereocenters. The Kier molecular flexibility index (Phi) is 4.27. The van der Waals surface area contributed by atoms with Gasteiger partial charge in [-0.15, -0.1) is 0 Å². The van der Waals surface area contributed by atoms with Gasteiger partial charge in [0, 0.05) is 6.20 Å². The van der Waals surface area contributed by atoms with Crippen LogP contribution in [0.15, 0.2) is 59.5 Å². The number of pyridine rings is 2. The van der Waals surface area contributed by atoms with Gasteiger partial charge in [-0.2, -0.15) is 0 Å². The average Bonchev–Trinajstić information content (AvgIpc) is 2.71. The van der Waals surface area contributed by atoms with E-state index < -0.39 is 5.97 Å². The SMILES string of the molecule is COC(=O)c1cc2c(=O)n3cc(C)ccc3nc2n(Cc2ccccc2)c1=N. The molecule has 140 valence electrons. The highest BCUT2D eigenvalue weighted by Gasteiger charge is 2.18. The maximum absolute atomic E-state index is 13.1. The van der Waals surface area contributed by atoms with Crippen molar-refractivity contribution in [3.8, 4) is 0 Å². The summed E-state index contributed by atoms with van der Waals surface area (Å²) in [6.45, 7) is 2.19. The van der Waals surface area contributed by atoms with Gasteiger partial charge in [0.2, 0.25) is 0 Å². The molecule has 28 heavy (non-hydrogen) atoms. The number of hydrogen-bond donors (Lipinski definition) is 1. The standard InChI is InChI=1S/C21H18N4O3/c1-13-8-9-17-23-19-16(20(26)24(17)11-13)10-15(21(27)28-2)18(22)25(19)12-14-6-4-3-5-7-14/h3-11,22H,12H2,1-2H3. The van der Waals surface area contributed by atoms with Crippen molar-refractivity contribution < 1.29 is 9.53 Å². The van der Waals surface area contributed by atoms with Crippen LogP contribution in [0.1, 0.15) is 21.5 Å². The number of benzene rings is 1. The van der Waals surface area contributed by atoms with E-state index in [2.05, 4.69) is 4.98 Å². The number of aromatic nitrogens is 3. The van der Waals surface area contributed by atoms with Gasteiger partial charge >= 0.3 is 5.97 Å². The second-order valence-electron chi connectivity index (χ2n) is 6.56. The smallest absolute Gasteiger partial charge is 0.341 e. The van der Waals surface area contributed by atoms with E-state index in [4.69, 9.17) is 10.1 Å². The predicted octanol–water partition coefficient (Wildman–Crippen LogP) is 2.27. The number of esters is 1. The zero-order chi connectivity index (χ0) is 19.8.